The molecule has 0 aromatic heterocycles. The van der Waals surface area contributed by atoms with Crippen molar-refractivity contribution in [2.45, 2.75) is 142 Å². The molecule has 4 rings (SSSR count). The first kappa shape index (κ1) is 29.4. The fourth-order valence-electron chi connectivity index (χ4n) is 5.49. The van der Waals surface area contributed by atoms with Gasteiger partial charge in [0.05, 0.1) is 13.2 Å². The molecule has 6 radical (unpaired) electrons. The monoisotopic (exact) mass is 416 g/mol. The highest BCUT2D eigenvalue weighted by Crippen LogP contribution is 2.33. The van der Waals surface area contributed by atoms with Gasteiger partial charge in [0.15, 0.2) is 0 Å². The van der Waals surface area contributed by atoms with E-state index in [9.17, 15) is 0 Å². The molecule has 2 aliphatic heterocycles. The first-order valence-corrected chi connectivity index (χ1v) is 14.0. The lowest BCUT2D eigenvalue weighted by atomic mass is 9.04. The summed E-state index contributed by atoms with van der Waals surface area (Å²) < 4.78 is 0. The lowest BCUT2D eigenvalue weighted by Crippen LogP contribution is -2.35. The van der Waals surface area contributed by atoms with Crippen molar-refractivity contribution < 1.29 is 0 Å². The second-order valence-corrected chi connectivity index (χ2v) is 11.5. The molecule has 0 amide bonds. The molecule has 31 heavy (non-hydrogen) atoms. The zero-order valence-corrected chi connectivity index (χ0v) is 22.0. The molecule has 0 bridgehead atoms. The lowest BCUT2D eigenvalue weighted by Gasteiger charge is -2.31. The summed E-state index contributed by atoms with van der Waals surface area (Å²) in [5.74, 6) is 4.62. The van der Waals surface area contributed by atoms with E-state index in [0.29, 0.717) is 6.60 Å². The van der Waals surface area contributed by atoms with Crippen LogP contribution in [0.4, 0.5) is 0 Å². The lowest BCUT2D eigenvalue weighted by molar-refractivity contribution is 0.385. The molecule has 6 heteroatoms. The standard InChI is InChI=1S/C7H14B3.2C7H14.C4H8B3/c1-6-4-3-5-10(9-8)7(6)2;2*1-7-5-3-2-4-6-7;1-4-2-3-7(4)6-5/h6-7H,3-5H2,1-2H3;2*7H,2-6H2,1H3;4H,2-3H2,1H3. The second kappa shape index (κ2) is 17.8. The molecule has 2 aliphatic carbocycles. The Bertz CT molecular complexity index is 391. The summed E-state index contributed by atoms with van der Waals surface area (Å²) in [5, 5.41) is 0. The summed E-state index contributed by atoms with van der Waals surface area (Å²) in [6.07, 6.45) is 21.6. The van der Waals surface area contributed by atoms with Gasteiger partial charge in [0, 0.05) is 29.6 Å². The average molecular weight is 416 g/mol. The zero-order chi connectivity index (χ0) is 23.1. The van der Waals surface area contributed by atoms with Crippen molar-refractivity contribution in [3.8, 4) is 0 Å². The second-order valence-electron chi connectivity index (χ2n) is 11.5. The van der Waals surface area contributed by atoms with Gasteiger partial charge in [-0.25, -0.2) is 0 Å². The van der Waals surface area contributed by atoms with E-state index in [-0.39, 0.29) is 0 Å². The molecule has 2 heterocycles. The molecule has 0 aromatic rings. The fraction of sp³-hybridized carbons (Fsp3) is 1.00. The molecular weight excluding hydrogens is 365 g/mol. The highest BCUT2D eigenvalue weighted by Gasteiger charge is 2.27. The molecule has 0 spiro atoms. The van der Waals surface area contributed by atoms with Crippen molar-refractivity contribution >= 4 is 42.8 Å². The summed E-state index contributed by atoms with van der Waals surface area (Å²) in [7, 11) is 14.5. The van der Waals surface area contributed by atoms with E-state index in [2.05, 4.69) is 34.6 Å². The van der Waals surface area contributed by atoms with Gasteiger partial charge >= 0.3 is 0 Å². The minimum atomic E-state index is 0.684. The summed E-state index contributed by atoms with van der Waals surface area (Å²) in [5.41, 5.74) is 0. The van der Waals surface area contributed by atoms with Crippen LogP contribution in [0.25, 0.3) is 0 Å². The Kier molecular flexibility index (Phi) is 16.9. The Labute approximate surface area is 202 Å². The average Bonchev–Trinajstić information content (AvgIpc) is 2.77. The van der Waals surface area contributed by atoms with Crippen molar-refractivity contribution in [2.24, 2.45) is 17.8 Å². The molecule has 168 valence electrons. The van der Waals surface area contributed by atoms with Crippen LogP contribution in [0.2, 0.25) is 24.3 Å². The maximum Gasteiger partial charge on any atom is 0.0942 e. The summed E-state index contributed by atoms with van der Waals surface area (Å²) in [6, 6.07) is 0. The van der Waals surface area contributed by atoms with Crippen LogP contribution in [0.3, 0.4) is 0 Å². The SMILES string of the molecule is CC1CCCCC1.CC1CCCCC1.[B][B]B1CCC1C.[B][B]B1CCCC(C)C1C. The Morgan fingerprint density at radius 3 is 1.26 bits per heavy atom. The highest BCUT2D eigenvalue weighted by molar-refractivity contribution is 7.32. The predicted octanol–water partition coefficient (Wildman–Crippen LogP) is 7.32. The van der Waals surface area contributed by atoms with Gasteiger partial charge in [-0.2, -0.15) is 0 Å². The van der Waals surface area contributed by atoms with Gasteiger partial charge in [0.25, 0.3) is 0 Å². The van der Waals surface area contributed by atoms with Gasteiger partial charge < -0.3 is 0 Å². The summed E-state index contributed by atoms with van der Waals surface area (Å²) in [6.45, 7) is 13.0. The van der Waals surface area contributed by atoms with Crippen LogP contribution in [0.1, 0.15) is 118 Å². The molecule has 3 atom stereocenters. The van der Waals surface area contributed by atoms with Crippen LogP contribution in [0.5, 0.6) is 0 Å². The van der Waals surface area contributed by atoms with Crippen LogP contribution in [0, 0.1) is 17.8 Å². The van der Waals surface area contributed by atoms with Gasteiger partial charge in [0.1, 0.15) is 0 Å². The quantitative estimate of drug-likeness (QED) is 0.415. The van der Waals surface area contributed by atoms with Gasteiger partial charge in [-0.1, -0.05) is 142 Å². The normalized spacial score (nSPS) is 29.0. The summed E-state index contributed by atoms with van der Waals surface area (Å²) in [4.78, 5) is 0. The third-order valence-electron chi connectivity index (χ3n) is 8.74. The van der Waals surface area contributed by atoms with E-state index in [1.807, 2.05) is 14.1 Å². The maximum absolute atomic E-state index is 5.53. The van der Waals surface area contributed by atoms with Gasteiger partial charge in [-0.15, -0.1) is 0 Å². The first-order chi connectivity index (χ1) is 14.9. The van der Waals surface area contributed by atoms with Crippen molar-refractivity contribution in [3.63, 3.8) is 0 Å². The van der Waals surface area contributed by atoms with Crippen LogP contribution in [0.15, 0.2) is 0 Å². The maximum atomic E-state index is 5.53. The molecule has 3 unspecified atom stereocenters. The minimum Gasteiger partial charge on any atom is -0.0819 e. The summed E-state index contributed by atoms with van der Waals surface area (Å²) >= 11 is 0. The van der Waals surface area contributed by atoms with Gasteiger partial charge in [0.2, 0.25) is 0 Å². The molecule has 2 saturated heterocycles. The topological polar surface area (TPSA) is 0 Å². The molecule has 0 nitrogen and oxygen atoms in total. The molecule has 0 aromatic carbocycles. The van der Waals surface area contributed by atoms with E-state index in [4.69, 9.17) is 15.5 Å². The molecule has 2 saturated carbocycles. The predicted molar refractivity (Wildman–Crippen MR) is 150 cm³/mol. The largest absolute Gasteiger partial charge is 0.0942 e. The van der Waals surface area contributed by atoms with Crippen LogP contribution >= 0.6 is 0 Å². The fourth-order valence-corrected chi connectivity index (χ4v) is 5.49. The smallest absolute Gasteiger partial charge is 0.0819 e. The van der Waals surface area contributed by atoms with E-state index in [0.717, 1.165) is 36.0 Å². The zero-order valence-electron chi connectivity index (χ0n) is 22.0. The van der Waals surface area contributed by atoms with E-state index in [1.54, 1.807) is 0 Å². The Morgan fingerprint density at radius 2 is 1.03 bits per heavy atom. The molecule has 4 aliphatic rings. The minimum absolute atomic E-state index is 0.684. The van der Waals surface area contributed by atoms with Crippen LogP contribution in [-0.2, 0) is 0 Å². The van der Waals surface area contributed by atoms with E-state index >= 15 is 0 Å². The third kappa shape index (κ3) is 13.0. The van der Waals surface area contributed by atoms with Crippen molar-refractivity contribution in [3.05, 3.63) is 0 Å². The molecular formula is C25H50B6. The van der Waals surface area contributed by atoms with Gasteiger partial charge in [-0.05, 0) is 17.8 Å². The van der Waals surface area contributed by atoms with Crippen molar-refractivity contribution in [1.82, 2.24) is 0 Å². The first-order valence-electron chi connectivity index (χ1n) is 14.0. The molecule has 0 N–H and O–H groups in total. The number of hydrogen-bond acceptors (Lipinski definition) is 0. The van der Waals surface area contributed by atoms with Gasteiger partial charge in [-0.3, -0.25) is 0 Å². The Hall–Kier alpha value is 0.390. The van der Waals surface area contributed by atoms with E-state index in [1.165, 1.54) is 96.1 Å². The third-order valence-corrected chi connectivity index (χ3v) is 8.74. The highest BCUT2D eigenvalue weighted by atomic mass is 14.1. The molecule has 4 fully saturated rings. The van der Waals surface area contributed by atoms with E-state index < -0.39 is 0 Å². The van der Waals surface area contributed by atoms with Crippen molar-refractivity contribution in [1.29, 1.82) is 0 Å². The Morgan fingerprint density at radius 1 is 0.548 bits per heavy atom. The van der Waals surface area contributed by atoms with Crippen molar-refractivity contribution in [2.75, 3.05) is 0 Å². The van der Waals surface area contributed by atoms with Crippen LogP contribution < -0.4 is 0 Å². The Balaban J connectivity index is 0.000000209. The van der Waals surface area contributed by atoms with Crippen LogP contribution in [-0.4, -0.2) is 42.8 Å². The number of hydrogen-bond donors (Lipinski definition) is 0. The number of rotatable bonds is 2.